The lowest BCUT2D eigenvalue weighted by atomic mass is 10.2. The van der Waals surface area contributed by atoms with E-state index in [9.17, 15) is 9.59 Å². The van der Waals surface area contributed by atoms with E-state index in [1.54, 1.807) is 23.9 Å². The van der Waals surface area contributed by atoms with Gasteiger partial charge in [-0.3, -0.25) is 14.3 Å². The summed E-state index contributed by atoms with van der Waals surface area (Å²) < 4.78 is 23.3. The fourth-order valence-electron chi connectivity index (χ4n) is 3.34. The molecule has 0 radical (unpaired) electrons. The minimum atomic E-state index is -1.19. The molecule has 0 saturated carbocycles. The lowest BCUT2D eigenvalue weighted by molar-refractivity contribution is 0.0807. The van der Waals surface area contributed by atoms with Gasteiger partial charge in [-0.2, -0.15) is 0 Å². The lowest BCUT2D eigenvalue weighted by Gasteiger charge is -2.15. The largest absolute Gasteiger partial charge is 0.479 e. The predicted octanol–water partition coefficient (Wildman–Crippen LogP) is 5.38. The van der Waals surface area contributed by atoms with Gasteiger partial charge in [-0.15, -0.1) is 5.10 Å². The minimum absolute atomic E-state index is 0.148. The summed E-state index contributed by atoms with van der Waals surface area (Å²) in [5.74, 6) is -0.774. The highest BCUT2D eigenvalue weighted by Gasteiger charge is 2.18. The Morgan fingerprint density at radius 1 is 1.19 bits per heavy atom. The Bertz CT molecular complexity index is 1470. The van der Waals surface area contributed by atoms with Crippen molar-refractivity contribution in [2.75, 3.05) is 19.0 Å². The van der Waals surface area contributed by atoms with Crippen LogP contribution in [0, 0.1) is 0 Å². The van der Waals surface area contributed by atoms with Gasteiger partial charge < -0.3 is 19.5 Å². The standard InChI is InChI=1S/C23H25Cl2N5O6Si/c1-33-22-15-11-14(5-6-18(15)30(28-22)12-34-7-8-37(2,3)4)35-19-16(24)9-13(10-17(19)25)26-21(31)20-27-23(32)36-29-20/h5-6,9-11H,7-8,12H2,1-4H3,(H,26,31)(H,27,29,32). The minimum Gasteiger partial charge on any atom is -0.479 e. The first-order chi connectivity index (χ1) is 17.5. The lowest BCUT2D eigenvalue weighted by Crippen LogP contribution is -2.22. The van der Waals surface area contributed by atoms with Crippen LogP contribution in [-0.4, -0.2) is 47.6 Å². The van der Waals surface area contributed by atoms with Gasteiger partial charge in [-0.25, -0.2) is 9.48 Å². The number of anilines is 1. The van der Waals surface area contributed by atoms with Crippen molar-refractivity contribution in [2.45, 2.75) is 32.4 Å². The average Bonchev–Trinajstić information content (AvgIpc) is 3.42. The number of benzene rings is 2. The van der Waals surface area contributed by atoms with Crippen molar-refractivity contribution in [1.29, 1.82) is 0 Å². The molecular formula is C23H25Cl2N5O6Si. The van der Waals surface area contributed by atoms with Crippen LogP contribution in [0.4, 0.5) is 5.69 Å². The molecule has 0 aliphatic heterocycles. The van der Waals surface area contributed by atoms with Crippen molar-refractivity contribution in [1.82, 2.24) is 19.9 Å². The molecule has 0 bridgehead atoms. The van der Waals surface area contributed by atoms with Gasteiger partial charge in [-0.1, -0.05) is 42.8 Å². The van der Waals surface area contributed by atoms with E-state index in [1.807, 2.05) is 6.07 Å². The van der Waals surface area contributed by atoms with E-state index in [2.05, 4.69) is 44.7 Å². The van der Waals surface area contributed by atoms with Crippen LogP contribution in [0.15, 0.2) is 39.6 Å². The Hall–Kier alpha value is -3.32. The number of ether oxygens (including phenoxy) is 3. The quantitative estimate of drug-likeness (QED) is 0.193. The number of aromatic amines is 1. The number of nitrogens with one attached hydrogen (secondary N) is 2. The fourth-order valence-corrected chi connectivity index (χ4v) is 4.66. The summed E-state index contributed by atoms with van der Waals surface area (Å²) in [5.41, 5.74) is 1.09. The van der Waals surface area contributed by atoms with Crippen LogP contribution in [0.2, 0.25) is 35.7 Å². The van der Waals surface area contributed by atoms with Crippen molar-refractivity contribution < 1.29 is 23.5 Å². The maximum Gasteiger partial charge on any atom is 0.439 e. The SMILES string of the molecule is COc1nn(COCC[Si](C)(C)C)c2ccc(Oc3c(Cl)cc(NC(=O)c4noc(=O)[nH]4)cc3Cl)cc12. The Morgan fingerprint density at radius 2 is 1.92 bits per heavy atom. The van der Waals surface area contributed by atoms with Gasteiger partial charge in [0, 0.05) is 20.4 Å². The van der Waals surface area contributed by atoms with Gasteiger partial charge in [0.1, 0.15) is 12.5 Å². The molecule has 0 atom stereocenters. The maximum atomic E-state index is 12.2. The monoisotopic (exact) mass is 565 g/mol. The van der Waals surface area contributed by atoms with E-state index >= 15 is 0 Å². The Morgan fingerprint density at radius 3 is 2.54 bits per heavy atom. The van der Waals surface area contributed by atoms with Crippen LogP contribution in [0.1, 0.15) is 10.6 Å². The summed E-state index contributed by atoms with van der Waals surface area (Å²) in [7, 11) is 0.354. The molecule has 11 nitrogen and oxygen atoms in total. The second-order valence-corrected chi connectivity index (χ2v) is 15.7. The molecule has 0 spiro atoms. The number of carbonyl (C=O) groups is 1. The van der Waals surface area contributed by atoms with E-state index in [1.165, 1.54) is 12.1 Å². The fraction of sp³-hybridized carbons (Fsp3) is 0.304. The summed E-state index contributed by atoms with van der Waals surface area (Å²) in [6.45, 7) is 7.87. The molecule has 0 aliphatic carbocycles. The third-order valence-electron chi connectivity index (χ3n) is 5.22. The number of hydrogen-bond donors (Lipinski definition) is 2. The summed E-state index contributed by atoms with van der Waals surface area (Å²) in [4.78, 5) is 25.4. The number of rotatable bonds is 10. The normalized spacial score (nSPS) is 11.6. The molecule has 2 N–H and O–H groups in total. The molecule has 0 fully saturated rings. The summed E-state index contributed by atoms with van der Waals surface area (Å²) >= 11 is 12.8. The Kier molecular flexibility index (Phi) is 7.92. The van der Waals surface area contributed by atoms with Crippen LogP contribution in [-0.2, 0) is 11.5 Å². The first-order valence-electron chi connectivity index (χ1n) is 11.2. The molecule has 4 rings (SSSR count). The summed E-state index contributed by atoms with van der Waals surface area (Å²) in [5, 5.41) is 11.4. The molecule has 2 aromatic heterocycles. The molecule has 196 valence electrons. The van der Waals surface area contributed by atoms with Crippen molar-refractivity contribution in [2.24, 2.45) is 0 Å². The van der Waals surface area contributed by atoms with Crippen molar-refractivity contribution >= 4 is 53.8 Å². The predicted molar refractivity (Wildman–Crippen MR) is 142 cm³/mol. The van der Waals surface area contributed by atoms with E-state index in [-0.39, 0.29) is 27.3 Å². The molecule has 0 unspecified atom stereocenters. The van der Waals surface area contributed by atoms with Crippen molar-refractivity contribution in [3.63, 3.8) is 0 Å². The number of amides is 1. The number of H-pyrrole nitrogens is 1. The molecule has 37 heavy (non-hydrogen) atoms. The number of halogens is 2. The Balaban J connectivity index is 1.51. The molecule has 14 heteroatoms. The topological polar surface area (TPSA) is 134 Å². The highest BCUT2D eigenvalue weighted by molar-refractivity contribution is 6.76. The van der Waals surface area contributed by atoms with Crippen LogP contribution in [0.3, 0.4) is 0 Å². The second-order valence-electron chi connectivity index (χ2n) is 9.30. The van der Waals surface area contributed by atoms with Gasteiger partial charge in [-0.05, 0) is 41.5 Å². The van der Waals surface area contributed by atoms with Gasteiger partial charge in [0.25, 0.3) is 5.91 Å². The van der Waals surface area contributed by atoms with E-state index in [4.69, 9.17) is 37.4 Å². The molecular weight excluding hydrogens is 541 g/mol. The molecule has 0 saturated heterocycles. The van der Waals surface area contributed by atoms with Crippen molar-refractivity contribution in [3.05, 3.63) is 56.8 Å². The zero-order valence-corrected chi connectivity index (χ0v) is 23.1. The van der Waals surface area contributed by atoms with Gasteiger partial charge in [0.05, 0.1) is 28.1 Å². The first kappa shape index (κ1) is 26.7. The first-order valence-corrected chi connectivity index (χ1v) is 15.7. The highest BCUT2D eigenvalue weighted by atomic mass is 35.5. The molecule has 2 aromatic carbocycles. The van der Waals surface area contributed by atoms with Crippen LogP contribution in [0.25, 0.3) is 10.9 Å². The van der Waals surface area contributed by atoms with Crippen molar-refractivity contribution in [3.8, 4) is 17.4 Å². The summed E-state index contributed by atoms with van der Waals surface area (Å²) in [6, 6.07) is 9.33. The smallest absolute Gasteiger partial charge is 0.439 e. The van der Waals surface area contributed by atoms with Gasteiger partial charge >= 0.3 is 5.76 Å². The zero-order chi connectivity index (χ0) is 26.7. The van der Waals surface area contributed by atoms with Gasteiger partial charge in [0.2, 0.25) is 11.7 Å². The number of carbonyl (C=O) groups excluding carboxylic acids is 1. The number of methoxy groups -OCH3 is 1. The van der Waals surface area contributed by atoms with Gasteiger partial charge in [0.15, 0.2) is 5.75 Å². The zero-order valence-electron chi connectivity index (χ0n) is 20.6. The van der Waals surface area contributed by atoms with E-state index < -0.39 is 19.7 Å². The maximum absolute atomic E-state index is 12.2. The van der Waals surface area contributed by atoms with E-state index in [0.717, 1.165) is 16.9 Å². The molecule has 1 amide bonds. The molecule has 2 heterocycles. The van der Waals surface area contributed by atoms with Crippen LogP contribution >= 0.6 is 23.2 Å². The number of fused-ring (bicyclic) bond motifs is 1. The second kappa shape index (κ2) is 11.0. The number of hydrogen-bond acceptors (Lipinski definition) is 8. The Labute approximate surface area is 222 Å². The number of nitrogens with zero attached hydrogens (tertiary/aromatic N) is 3. The molecule has 4 aromatic rings. The summed E-state index contributed by atoms with van der Waals surface area (Å²) in [6.07, 6.45) is 0. The van der Waals surface area contributed by atoms with E-state index in [0.29, 0.717) is 25.0 Å². The highest BCUT2D eigenvalue weighted by Crippen LogP contribution is 2.40. The number of aromatic nitrogens is 4. The van der Waals surface area contributed by atoms with Crippen LogP contribution < -0.4 is 20.5 Å². The molecule has 0 aliphatic rings. The van der Waals surface area contributed by atoms with Crippen LogP contribution in [0.5, 0.6) is 17.4 Å². The third-order valence-corrected chi connectivity index (χ3v) is 7.49. The third kappa shape index (κ3) is 6.52. The average molecular weight is 566 g/mol.